The molecule has 1 saturated heterocycles. The standard InChI is InChI=1S/C18H25Cl2N3O2/c1-3-12(2)21-17(24)14-11-13(22-18(25)16(19)20)7-8-15(14)23-9-5-4-6-10-23/h7-8,11-12,16H,3-6,9-10H2,1-2H3,(H,21,24)(H,22,25). The minimum Gasteiger partial charge on any atom is -0.371 e. The summed E-state index contributed by atoms with van der Waals surface area (Å²) in [5.74, 6) is -0.651. The highest BCUT2D eigenvalue weighted by Crippen LogP contribution is 2.27. The monoisotopic (exact) mass is 385 g/mol. The van der Waals surface area contributed by atoms with E-state index in [-0.39, 0.29) is 11.9 Å². The van der Waals surface area contributed by atoms with E-state index in [1.807, 2.05) is 19.9 Å². The fraction of sp³-hybridized carbons (Fsp3) is 0.556. The number of anilines is 2. The Bertz CT molecular complexity index is 616. The van der Waals surface area contributed by atoms with Crippen LogP contribution in [0.1, 0.15) is 49.9 Å². The molecule has 1 aromatic rings. The molecule has 1 aromatic carbocycles. The number of alkyl halides is 2. The SMILES string of the molecule is CCC(C)NC(=O)c1cc(NC(=O)C(Cl)Cl)ccc1N1CCCCC1. The van der Waals surface area contributed by atoms with Gasteiger partial charge in [0.05, 0.1) is 5.56 Å². The number of piperidine rings is 1. The van der Waals surface area contributed by atoms with E-state index in [1.165, 1.54) is 6.42 Å². The highest BCUT2D eigenvalue weighted by molar-refractivity contribution is 6.54. The van der Waals surface area contributed by atoms with Gasteiger partial charge in [0, 0.05) is 30.5 Å². The van der Waals surface area contributed by atoms with E-state index >= 15 is 0 Å². The number of nitrogens with one attached hydrogen (secondary N) is 2. The molecule has 0 spiro atoms. The number of carbonyl (C=O) groups is 2. The van der Waals surface area contributed by atoms with E-state index in [4.69, 9.17) is 23.2 Å². The summed E-state index contributed by atoms with van der Waals surface area (Å²) in [6.07, 6.45) is 4.30. The van der Waals surface area contributed by atoms with Gasteiger partial charge in [-0.25, -0.2) is 0 Å². The second-order valence-corrected chi connectivity index (χ2v) is 7.45. The molecule has 1 fully saturated rings. The van der Waals surface area contributed by atoms with Crippen LogP contribution in [0.4, 0.5) is 11.4 Å². The molecule has 0 radical (unpaired) electrons. The Hall–Kier alpha value is -1.46. The van der Waals surface area contributed by atoms with Crippen LogP contribution in [-0.4, -0.2) is 35.8 Å². The highest BCUT2D eigenvalue weighted by Gasteiger charge is 2.21. The summed E-state index contributed by atoms with van der Waals surface area (Å²) in [5.41, 5.74) is 1.96. The Morgan fingerprint density at radius 3 is 2.48 bits per heavy atom. The first-order valence-electron chi connectivity index (χ1n) is 8.71. The van der Waals surface area contributed by atoms with Crippen LogP contribution < -0.4 is 15.5 Å². The molecule has 1 unspecified atom stereocenters. The second kappa shape index (κ2) is 9.30. The Balaban J connectivity index is 2.30. The molecule has 25 heavy (non-hydrogen) atoms. The van der Waals surface area contributed by atoms with Crippen LogP contribution >= 0.6 is 23.2 Å². The average molecular weight is 386 g/mol. The zero-order valence-electron chi connectivity index (χ0n) is 14.6. The average Bonchev–Trinajstić information content (AvgIpc) is 2.62. The summed E-state index contributed by atoms with van der Waals surface area (Å²) < 4.78 is 0. The quantitative estimate of drug-likeness (QED) is 0.728. The maximum atomic E-state index is 12.7. The van der Waals surface area contributed by atoms with Crippen LogP contribution in [0.3, 0.4) is 0 Å². The minimum absolute atomic E-state index is 0.0787. The van der Waals surface area contributed by atoms with Gasteiger partial charge in [0.2, 0.25) is 0 Å². The normalized spacial score (nSPS) is 15.8. The Morgan fingerprint density at radius 1 is 1.20 bits per heavy atom. The van der Waals surface area contributed by atoms with Crippen LogP contribution in [-0.2, 0) is 4.79 Å². The predicted octanol–water partition coefficient (Wildman–Crippen LogP) is 3.95. The van der Waals surface area contributed by atoms with Crippen LogP contribution in [0.15, 0.2) is 18.2 Å². The molecule has 1 aliphatic rings. The number of hydrogen-bond acceptors (Lipinski definition) is 3. The summed E-state index contributed by atoms with van der Waals surface area (Å²) in [6, 6.07) is 5.42. The summed E-state index contributed by atoms with van der Waals surface area (Å²) >= 11 is 11.2. The minimum atomic E-state index is -1.15. The summed E-state index contributed by atoms with van der Waals surface area (Å²) in [7, 11) is 0. The number of halogens is 2. The van der Waals surface area contributed by atoms with Gasteiger partial charge in [0.15, 0.2) is 4.84 Å². The van der Waals surface area contributed by atoms with Crippen molar-refractivity contribution in [2.75, 3.05) is 23.3 Å². The first kappa shape index (κ1) is 19.9. The number of carbonyl (C=O) groups excluding carboxylic acids is 2. The van der Waals surface area contributed by atoms with Crippen molar-refractivity contribution in [3.8, 4) is 0 Å². The van der Waals surface area contributed by atoms with Gasteiger partial charge >= 0.3 is 0 Å². The van der Waals surface area contributed by atoms with Gasteiger partial charge in [-0.15, -0.1) is 0 Å². The molecule has 7 heteroatoms. The molecule has 2 amide bonds. The molecule has 0 saturated carbocycles. The molecule has 0 aromatic heterocycles. The largest absolute Gasteiger partial charge is 0.371 e. The van der Waals surface area contributed by atoms with Crippen LogP contribution in [0.5, 0.6) is 0 Å². The third-order valence-electron chi connectivity index (χ3n) is 4.39. The molecule has 0 aliphatic carbocycles. The molecule has 1 heterocycles. The van der Waals surface area contributed by atoms with E-state index < -0.39 is 10.7 Å². The molecule has 5 nitrogen and oxygen atoms in total. The first-order chi connectivity index (χ1) is 11.9. The predicted molar refractivity (Wildman–Crippen MR) is 104 cm³/mol. The molecular weight excluding hydrogens is 361 g/mol. The van der Waals surface area contributed by atoms with Crippen molar-refractivity contribution < 1.29 is 9.59 Å². The Morgan fingerprint density at radius 2 is 1.88 bits per heavy atom. The zero-order chi connectivity index (χ0) is 18.4. The maximum Gasteiger partial charge on any atom is 0.257 e. The van der Waals surface area contributed by atoms with Gasteiger partial charge in [-0.05, 0) is 50.8 Å². The number of nitrogens with zero attached hydrogens (tertiary/aromatic N) is 1. The van der Waals surface area contributed by atoms with E-state index in [9.17, 15) is 9.59 Å². The lowest BCUT2D eigenvalue weighted by Gasteiger charge is -2.31. The maximum absolute atomic E-state index is 12.7. The van der Waals surface area contributed by atoms with Gasteiger partial charge < -0.3 is 15.5 Å². The van der Waals surface area contributed by atoms with Crippen LogP contribution in [0.25, 0.3) is 0 Å². The van der Waals surface area contributed by atoms with E-state index in [1.54, 1.807) is 12.1 Å². The van der Waals surface area contributed by atoms with Crippen molar-refractivity contribution in [2.45, 2.75) is 50.4 Å². The Labute approximate surface area is 159 Å². The van der Waals surface area contributed by atoms with Gasteiger partial charge in [-0.3, -0.25) is 9.59 Å². The fourth-order valence-corrected chi connectivity index (χ4v) is 2.92. The van der Waals surface area contributed by atoms with E-state index in [0.717, 1.165) is 38.0 Å². The summed E-state index contributed by atoms with van der Waals surface area (Å²) in [5, 5.41) is 5.63. The van der Waals surface area contributed by atoms with E-state index in [2.05, 4.69) is 15.5 Å². The fourth-order valence-electron chi connectivity index (χ4n) is 2.81. The number of benzene rings is 1. The number of hydrogen-bond donors (Lipinski definition) is 2. The molecule has 138 valence electrons. The molecule has 0 bridgehead atoms. The zero-order valence-corrected chi connectivity index (χ0v) is 16.2. The van der Waals surface area contributed by atoms with Crippen LogP contribution in [0.2, 0.25) is 0 Å². The molecule has 1 atom stereocenters. The lowest BCUT2D eigenvalue weighted by Crippen LogP contribution is -2.35. The van der Waals surface area contributed by atoms with Crippen molar-refractivity contribution in [1.29, 1.82) is 0 Å². The van der Waals surface area contributed by atoms with Crippen molar-refractivity contribution in [1.82, 2.24) is 5.32 Å². The van der Waals surface area contributed by atoms with Gasteiger partial charge in [0.1, 0.15) is 0 Å². The lowest BCUT2D eigenvalue weighted by molar-refractivity contribution is -0.114. The third kappa shape index (κ3) is 5.51. The van der Waals surface area contributed by atoms with Crippen molar-refractivity contribution >= 4 is 46.4 Å². The van der Waals surface area contributed by atoms with Crippen molar-refractivity contribution in [2.24, 2.45) is 0 Å². The number of amides is 2. The van der Waals surface area contributed by atoms with Gasteiger partial charge in [-0.2, -0.15) is 0 Å². The van der Waals surface area contributed by atoms with Gasteiger partial charge in [-0.1, -0.05) is 30.1 Å². The number of rotatable bonds is 6. The third-order valence-corrected chi connectivity index (χ3v) is 4.79. The second-order valence-electron chi connectivity index (χ2n) is 6.35. The van der Waals surface area contributed by atoms with E-state index in [0.29, 0.717) is 11.3 Å². The van der Waals surface area contributed by atoms with Crippen molar-refractivity contribution in [3.63, 3.8) is 0 Å². The molecular formula is C18H25Cl2N3O2. The molecule has 1 aliphatic heterocycles. The molecule has 2 N–H and O–H groups in total. The smallest absolute Gasteiger partial charge is 0.257 e. The lowest BCUT2D eigenvalue weighted by atomic mass is 10.1. The van der Waals surface area contributed by atoms with Crippen molar-refractivity contribution in [3.05, 3.63) is 23.8 Å². The molecule has 2 rings (SSSR count). The Kier molecular flexibility index (Phi) is 7.38. The summed E-state index contributed by atoms with van der Waals surface area (Å²) in [6.45, 7) is 5.85. The highest BCUT2D eigenvalue weighted by atomic mass is 35.5. The van der Waals surface area contributed by atoms with Gasteiger partial charge in [0.25, 0.3) is 11.8 Å². The van der Waals surface area contributed by atoms with Crippen LogP contribution in [0, 0.1) is 0 Å². The first-order valence-corrected chi connectivity index (χ1v) is 9.58. The summed E-state index contributed by atoms with van der Waals surface area (Å²) in [4.78, 5) is 25.5. The topological polar surface area (TPSA) is 61.4 Å².